The van der Waals surface area contributed by atoms with Gasteiger partial charge in [0, 0.05) is 56.8 Å². The number of para-hydroxylation sites is 1. The van der Waals surface area contributed by atoms with Crippen molar-refractivity contribution in [2.75, 3.05) is 31.1 Å². The minimum Gasteiger partial charge on any atom is -0.393 e. The zero-order valence-electron chi connectivity index (χ0n) is 22.1. The molecule has 1 saturated heterocycles. The molecule has 3 aromatic rings. The van der Waals surface area contributed by atoms with E-state index in [0.29, 0.717) is 12.8 Å². The Morgan fingerprint density at radius 2 is 1.42 bits per heavy atom. The van der Waals surface area contributed by atoms with Crippen molar-refractivity contribution >= 4 is 11.6 Å². The lowest BCUT2D eigenvalue weighted by atomic mass is 9.80. The zero-order valence-corrected chi connectivity index (χ0v) is 22.1. The molecular formula is C31H37F2N3O2. The number of carbonyl (C=O) groups excluding carboxylic acids is 1. The highest BCUT2D eigenvalue weighted by atomic mass is 19.1. The molecule has 0 bridgehead atoms. The lowest BCUT2D eigenvalue weighted by Crippen LogP contribution is -2.53. The standard InChI is InChI=1S/C31H37F2N3O2/c1-22(37)20-29(35-18-16-34-17-19-35)21-30(36(23(2)38)28-6-4-3-5-7-28)31(24-8-12-26(32)13-9-24)25-10-14-27(33)15-11-25/h3-15,22,29-31,34,37H,16-21H2,1-2H3. The van der Waals surface area contributed by atoms with Crippen LogP contribution in [0.4, 0.5) is 14.5 Å². The highest BCUT2D eigenvalue weighted by Gasteiger charge is 2.36. The van der Waals surface area contributed by atoms with Gasteiger partial charge in [0.1, 0.15) is 11.6 Å². The minimum atomic E-state index is -0.520. The molecule has 3 atom stereocenters. The average molecular weight is 522 g/mol. The van der Waals surface area contributed by atoms with E-state index in [0.717, 1.165) is 43.0 Å². The molecule has 0 spiro atoms. The van der Waals surface area contributed by atoms with Crippen LogP contribution in [-0.2, 0) is 4.79 Å². The molecule has 1 heterocycles. The number of amides is 1. The summed E-state index contributed by atoms with van der Waals surface area (Å²) in [6.45, 7) is 6.74. The summed E-state index contributed by atoms with van der Waals surface area (Å²) in [7, 11) is 0. The molecule has 0 radical (unpaired) electrons. The van der Waals surface area contributed by atoms with E-state index in [9.17, 15) is 18.7 Å². The van der Waals surface area contributed by atoms with Gasteiger partial charge in [-0.1, -0.05) is 42.5 Å². The summed E-state index contributed by atoms with van der Waals surface area (Å²) in [4.78, 5) is 17.6. The van der Waals surface area contributed by atoms with Crippen LogP contribution in [-0.4, -0.2) is 60.3 Å². The Labute approximate surface area is 224 Å². The van der Waals surface area contributed by atoms with Crippen LogP contribution in [0.3, 0.4) is 0 Å². The number of halogens is 2. The van der Waals surface area contributed by atoms with Gasteiger partial charge in [0.2, 0.25) is 5.91 Å². The quantitative estimate of drug-likeness (QED) is 0.396. The molecule has 5 nitrogen and oxygen atoms in total. The second kappa shape index (κ2) is 13.1. The monoisotopic (exact) mass is 521 g/mol. The molecule has 7 heteroatoms. The number of piperazine rings is 1. The number of carbonyl (C=O) groups is 1. The molecule has 3 aromatic carbocycles. The van der Waals surface area contributed by atoms with Crippen LogP contribution in [0.5, 0.6) is 0 Å². The largest absolute Gasteiger partial charge is 0.393 e. The van der Waals surface area contributed by atoms with E-state index in [4.69, 9.17) is 0 Å². The third kappa shape index (κ3) is 7.04. The van der Waals surface area contributed by atoms with Gasteiger partial charge in [0.05, 0.1) is 6.10 Å². The van der Waals surface area contributed by atoms with Crippen molar-refractivity contribution in [3.05, 3.63) is 102 Å². The Hall–Kier alpha value is -3.13. The summed E-state index contributed by atoms with van der Waals surface area (Å²) >= 11 is 0. The molecule has 4 rings (SSSR count). The topological polar surface area (TPSA) is 55.8 Å². The maximum absolute atomic E-state index is 14.0. The summed E-state index contributed by atoms with van der Waals surface area (Å²) in [5, 5.41) is 13.8. The smallest absolute Gasteiger partial charge is 0.224 e. The van der Waals surface area contributed by atoms with Gasteiger partial charge in [-0.2, -0.15) is 0 Å². The van der Waals surface area contributed by atoms with Crippen LogP contribution in [0.25, 0.3) is 0 Å². The van der Waals surface area contributed by atoms with E-state index in [1.165, 1.54) is 24.3 Å². The normalized spacial score (nSPS) is 16.7. The first-order valence-electron chi connectivity index (χ1n) is 13.3. The third-order valence-electron chi connectivity index (χ3n) is 7.34. The van der Waals surface area contributed by atoms with E-state index >= 15 is 0 Å². The minimum absolute atomic E-state index is 0.00365. The van der Waals surface area contributed by atoms with Crippen molar-refractivity contribution in [3.63, 3.8) is 0 Å². The predicted octanol–water partition coefficient (Wildman–Crippen LogP) is 4.95. The molecule has 1 aliphatic rings. The molecule has 1 fully saturated rings. The Morgan fingerprint density at radius 1 is 0.895 bits per heavy atom. The van der Waals surface area contributed by atoms with Crippen molar-refractivity contribution in [2.24, 2.45) is 0 Å². The molecule has 0 aliphatic carbocycles. The predicted molar refractivity (Wildman–Crippen MR) is 147 cm³/mol. The summed E-state index contributed by atoms with van der Waals surface area (Å²) < 4.78 is 28.0. The summed E-state index contributed by atoms with van der Waals surface area (Å²) in [6.07, 6.45) is 0.600. The van der Waals surface area contributed by atoms with Crippen molar-refractivity contribution in [1.82, 2.24) is 10.2 Å². The van der Waals surface area contributed by atoms with E-state index < -0.39 is 6.10 Å². The number of hydrogen-bond acceptors (Lipinski definition) is 4. The summed E-state index contributed by atoms with van der Waals surface area (Å²) in [6, 6.07) is 21.8. The first-order valence-corrected chi connectivity index (χ1v) is 13.3. The number of anilines is 1. The number of benzene rings is 3. The van der Waals surface area contributed by atoms with Gasteiger partial charge < -0.3 is 15.3 Å². The molecule has 3 unspecified atom stereocenters. The van der Waals surface area contributed by atoms with Gasteiger partial charge in [0.25, 0.3) is 0 Å². The number of nitrogens with one attached hydrogen (secondary N) is 1. The molecule has 202 valence electrons. The van der Waals surface area contributed by atoms with E-state index in [1.54, 1.807) is 38.1 Å². The first-order chi connectivity index (χ1) is 18.3. The van der Waals surface area contributed by atoms with Crippen LogP contribution >= 0.6 is 0 Å². The second-order valence-corrected chi connectivity index (χ2v) is 10.1. The lowest BCUT2D eigenvalue weighted by molar-refractivity contribution is -0.117. The van der Waals surface area contributed by atoms with Gasteiger partial charge in [0.15, 0.2) is 0 Å². The van der Waals surface area contributed by atoms with Crippen molar-refractivity contribution < 1.29 is 18.7 Å². The SMILES string of the molecule is CC(=O)N(c1ccccc1)C(CC(CC(C)O)N1CCNCC1)C(c1ccc(F)cc1)c1ccc(F)cc1. The number of nitrogens with zero attached hydrogens (tertiary/aromatic N) is 2. The summed E-state index contributed by atoms with van der Waals surface area (Å²) in [5.74, 6) is -1.17. The van der Waals surface area contributed by atoms with Crippen LogP contribution in [0.15, 0.2) is 78.9 Å². The molecule has 38 heavy (non-hydrogen) atoms. The molecule has 1 amide bonds. The zero-order chi connectivity index (χ0) is 27.1. The van der Waals surface area contributed by atoms with E-state index in [2.05, 4.69) is 10.2 Å². The Morgan fingerprint density at radius 3 is 1.89 bits per heavy atom. The fourth-order valence-electron chi connectivity index (χ4n) is 5.68. The third-order valence-corrected chi connectivity index (χ3v) is 7.34. The fourth-order valence-corrected chi connectivity index (χ4v) is 5.68. The van der Waals surface area contributed by atoms with Gasteiger partial charge in [-0.05, 0) is 67.3 Å². The number of aliphatic hydroxyl groups excluding tert-OH is 1. The van der Waals surface area contributed by atoms with Crippen LogP contribution < -0.4 is 10.2 Å². The van der Waals surface area contributed by atoms with E-state index in [-0.39, 0.29) is 35.5 Å². The number of aliphatic hydroxyl groups is 1. The van der Waals surface area contributed by atoms with Gasteiger partial charge >= 0.3 is 0 Å². The molecule has 2 N–H and O–H groups in total. The van der Waals surface area contributed by atoms with Crippen molar-refractivity contribution in [1.29, 1.82) is 0 Å². The first kappa shape index (κ1) is 27.9. The van der Waals surface area contributed by atoms with E-state index in [1.807, 2.05) is 35.2 Å². The number of rotatable bonds is 10. The van der Waals surface area contributed by atoms with Crippen molar-refractivity contribution in [2.45, 2.75) is 50.8 Å². The van der Waals surface area contributed by atoms with Crippen LogP contribution in [0.2, 0.25) is 0 Å². The average Bonchev–Trinajstić information content (AvgIpc) is 2.91. The highest BCUT2D eigenvalue weighted by Crippen LogP contribution is 2.37. The summed E-state index contributed by atoms with van der Waals surface area (Å²) in [5.41, 5.74) is 2.43. The molecule has 0 aromatic heterocycles. The van der Waals surface area contributed by atoms with Crippen LogP contribution in [0, 0.1) is 11.6 Å². The molecule has 1 aliphatic heterocycles. The Balaban J connectivity index is 1.87. The second-order valence-electron chi connectivity index (χ2n) is 10.1. The Kier molecular flexibility index (Phi) is 9.61. The highest BCUT2D eigenvalue weighted by molar-refractivity contribution is 5.92. The maximum atomic E-state index is 14.0. The van der Waals surface area contributed by atoms with Gasteiger partial charge in [-0.25, -0.2) is 8.78 Å². The van der Waals surface area contributed by atoms with Gasteiger partial charge in [-0.3, -0.25) is 9.69 Å². The number of hydrogen-bond donors (Lipinski definition) is 2. The molecule has 0 saturated carbocycles. The Bertz CT molecular complexity index is 1100. The molecular weight excluding hydrogens is 484 g/mol. The van der Waals surface area contributed by atoms with Crippen LogP contribution in [0.1, 0.15) is 43.7 Å². The fraction of sp³-hybridized carbons (Fsp3) is 0.387. The van der Waals surface area contributed by atoms with Crippen molar-refractivity contribution in [3.8, 4) is 0 Å². The maximum Gasteiger partial charge on any atom is 0.224 e. The van der Waals surface area contributed by atoms with Gasteiger partial charge in [-0.15, -0.1) is 0 Å². The lowest BCUT2D eigenvalue weighted by Gasteiger charge is -2.43.